The first-order chi connectivity index (χ1) is 20.7. The normalized spacial score (nSPS) is 14.9. The van der Waals surface area contributed by atoms with E-state index in [-0.39, 0.29) is 18.3 Å². The van der Waals surface area contributed by atoms with E-state index in [4.69, 9.17) is 37.4 Å². The first kappa shape index (κ1) is 30.6. The summed E-state index contributed by atoms with van der Waals surface area (Å²) in [6.07, 6.45) is 1.69. The van der Waals surface area contributed by atoms with Crippen molar-refractivity contribution < 1.29 is 19.0 Å². The Labute approximate surface area is 263 Å². The van der Waals surface area contributed by atoms with Gasteiger partial charge in [-0.1, -0.05) is 70.9 Å². The van der Waals surface area contributed by atoms with Gasteiger partial charge in [-0.3, -0.25) is 9.36 Å². The minimum absolute atomic E-state index is 0.112. The number of halogens is 2. The zero-order chi connectivity index (χ0) is 30.7. The molecule has 0 saturated carbocycles. The van der Waals surface area contributed by atoms with Crippen LogP contribution in [0.3, 0.4) is 0 Å². The Morgan fingerprint density at radius 1 is 1.07 bits per heavy atom. The molecule has 0 saturated heterocycles. The monoisotopic (exact) mass is 636 g/mol. The Balaban J connectivity index is 1.56. The second-order valence-electron chi connectivity index (χ2n) is 10.1. The van der Waals surface area contributed by atoms with Crippen LogP contribution in [0.25, 0.3) is 6.08 Å². The van der Waals surface area contributed by atoms with Crippen molar-refractivity contribution in [2.75, 3.05) is 6.61 Å². The van der Waals surface area contributed by atoms with Crippen LogP contribution in [0.15, 0.2) is 87.8 Å². The van der Waals surface area contributed by atoms with Crippen molar-refractivity contribution >= 4 is 46.6 Å². The van der Waals surface area contributed by atoms with Crippen LogP contribution in [0.1, 0.15) is 50.4 Å². The summed E-state index contributed by atoms with van der Waals surface area (Å²) in [4.78, 5) is 32.4. The fourth-order valence-corrected chi connectivity index (χ4v) is 6.16. The van der Waals surface area contributed by atoms with Crippen molar-refractivity contribution in [1.82, 2.24) is 4.57 Å². The van der Waals surface area contributed by atoms with Crippen LogP contribution in [0.4, 0.5) is 0 Å². The van der Waals surface area contributed by atoms with Gasteiger partial charge in [0.05, 0.1) is 38.6 Å². The van der Waals surface area contributed by atoms with Crippen LogP contribution in [0.2, 0.25) is 10.0 Å². The van der Waals surface area contributed by atoms with Gasteiger partial charge in [0.25, 0.3) is 5.56 Å². The van der Waals surface area contributed by atoms with E-state index in [1.807, 2.05) is 68.4 Å². The van der Waals surface area contributed by atoms with Crippen molar-refractivity contribution in [3.63, 3.8) is 0 Å². The highest BCUT2D eigenvalue weighted by molar-refractivity contribution is 7.07. The number of para-hydroxylation sites is 1. The van der Waals surface area contributed by atoms with Crippen LogP contribution in [-0.2, 0) is 16.1 Å². The highest BCUT2D eigenvalue weighted by atomic mass is 35.5. The predicted molar refractivity (Wildman–Crippen MR) is 170 cm³/mol. The summed E-state index contributed by atoms with van der Waals surface area (Å²) in [7, 11) is 0. The van der Waals surface area contributed by atoms with Gasteiger partial charge >= 0.3 is 5.97 Å². The molecular formula is C33H30Cl2N2O5S. The molecule has 1 atom stereocenters. The van der Waals surface area contributed by atoms with Crippen molar-refractivity contribution in [2.24, 2.45) is 4.99 Å². The molecule has 43 heavy (non-hydrogen) atoms. The van der Waals surface area contributed by atoms with Crippen LogP contribution < -0.4 is 24.4 Å². The van der Waals surface area contributed by atoms with Crippen LogP contribution in [0, 0.1) is 0 Å². The molecule has 0 unspecified atom stereocenters. The Kier molecular flexibility index (Phi) is 9.40. The lowest BCUT2D eigenvalue weighted by Crippen LogP contribution is -2.40. The van der Waals surface area contributed by atoms with Crippen LogP contribution in [0.5, 0.6) is 11.5 Å². The molecule has 10 heteroatoms. The second-order valence-corrected chi connectivity index (χ2v) is 11.9. The number of allylic oxidation sites excluding steroid dienone is 1. The Bertz CT molecular complexity index is 1890. The maximum atomic E-state index is 14.0. The van der Waals surface area contributed by atoms with Crippen molar-refractivity contribution in [3.05, 3.63) is 124 Å². The summed E-state index contributed by atoms with van der Waals surface area (Å²) in [5.41, 5.74) is 2.86. The fourth-order valence-electron chi connectivity index (χ4n) is 4.80. The van der Waals surface area contributed by atoms with Crippen molar-refractivity contribution in [2.45, 2.75) is 46.4 Å². The lowest BCUT2D eigenvalue weighted by Gasteiger charge is -2.26. The van der Waals surface area contributed by atoms with Gasteiger partial charge in [0.15, 0.2) is 4.80 Å². The maximum Gasteiger partial charge on any atom is 0.338 e. The maximum absolute atomic E-state index is 14.0. The molecule has 1 aliphatic rings. The minimum Gasteiger partial charge on any atom is -0.491 e. The van der Waals surface area contributed by atoms with E-state index in [1.165, 1.54) is 11.3 Å². The molecule has 7 nitrogen and oxygen atoms in total. The fraction of sp³-hybridized carbons (Fsp3) is 0.242. The topological polar surface area (TPSA) is 79.1 Å². The third-order valence-electron chi connectivity index (χ3n) is 6.64. The number of ether oxygens (including phenoxy) is 3. The molecule has 5 rings (SSSR count). The number of aromatic nitrogens is 1. The van der Waals surface area contributed by atoms with Gasteiger partial charge in [0.1, 0.15) is 24.1 Å². The molecule has 0 N–H and O–H groups in total. The lowest BCUT2D eigenvalue weighted by molar-refractivity contribution is -0.139. The third kappa shape index (κ3) is 6.72. The molecule has 0 fully saturated rings. The van der Waals surface area contributed by atoms with E-state index in [0.717, 1.165) is 11.1 Å². The second kappa shape index (κ2) is 13.2. The van der Waals surface area contributed by atoms with Gasteiger partial charge in [0.2, 0.25) is 0 Å². The van der Waals surface area contributed by atoms with Gasteiger partial charge in [0, 0.05) is 5.56 Å². The van der Waals surface area contributed by atoms with Gasteiger partial charge in [-0.25, -0.2) is 9.79 Å². The number of hydrogen-bond donors (Lipinski definition) is 0. The molecule has 0 spiro atoms. The van der Waals surface area contributed by atoms with E-state index in [1.54, 1.807) is 36.6 Å². The van der Waals surface area contributed by atoms with Crippen molar-refractivity contribution in [1.29, 1.82) is 0 Å². The standard InChI is InChI=1S/C33H30Cl2N2O5S/c1-5-40-32(39)29-20(4)36-33-37(30(29)24-11-6-7-12-27(24)42-19(2)3)31(38)28(43-33)17-21-9-8-10-23(15-21)41-18-22-13-14-25(34)26(35)16-22/h6-17,19,30H,5,18H2,1-4H3/b28-17+/t30-/m1/s1. The van der Waals surface area contributed by atoms with E-state index in [9.17, 15) is 9.59 Å². The summed E-state index contributed by atoms with van der Waals surface area (Å²) >= 11 is 13.4. The number of nitrogens with zero attached hydrogens (tertiary/aromatic N) is 2. The van der Waals surface area contributed by atoms with E-state index < -0.39 is 12.0 Å². The average molecular weight is 638 g/mol. The minimum atomic E-state index is -0.770. The number of hydrogen-bond acceptors (Lipinski definition) is 7. The summed E-state index contributed by atoms with van der Waals surface area (Å²) in [6, 6.07) is 19.5. The molecule has 4 aromatic rings. The van der Waals surface area contributed by atoms with Crippen LogP contribution in [-0.4, -0.2) is 23.2 Å². The molecule has 3 aromatic carbocycles. The molecule has 0 aliphatic carbocycles. The Morgan fingerprint density at radius 2 is 1.86 bits per heavy atom. The average Bonchev–Trinajstić information content (AvgIpc) is 3.27. The Hall–Kier alpha value is -3.85. The molecule has 0 radical (unpaired) electrons. The molecule has 1 aromatic heterocycles. The van der Waals surface area contributed by atoms with Gasteiger partial charge in [-0.05, 0) is 75.2 Å². The summed E-state index contributed by atoms with van der Waals surface area (Å²) in [6.45, 7) is 7.86. The number of esters is 1. The highest BCUT2D eigenvalue weighted by Gasteiger charge is 2.35. The number of carbonyl (C=O) groups excluding carboxylic acids is 1. The predicted octanol–water partition coefficient (Wildman–Crippen LogP) is 6.47. The number of rotatable bonds is 9. The first-order valence-electron chi connectivity index (χ1n) is 13.8. The molecule has 222 valence electrons. The molecule has 0 amide bonds. The summed E-state index contributed by atoms with van der Waals surface area (Å²) < 4.78 is 19.5. The van der Waals surface area contributed by atoms with Gasteiger partial charge < -0.3 is 14.2 Å². The van der Waals surface area contributed by atoms with E-state index in [0.29, 0.717) is 54.3 Å². The molecule has 1 aliphatic heterocycles. The number of fused-ring (bicyclic) bond motifs is 1. The zero-order valence-corrected chi connectivity index (χ0v) is 26.4. The molecule has 0 bridgehead atoms. The number of carbonyl (C=O) groups is 1. The number of benzene rings is 3. The van der Waals surface area contributed by atoms with E-state index in [2.05, 4.69) is 4.99 Å². The molecular weight excluding hydrogens is 607 g/mol. The van der Waals surface area contributed by atoms with Crippen LogP contribution >= 0.6 is 34.5 Å². The first-order valence-corrected chi connectivity index (χ1v) is 15.4. The highest BCUT2D eigenvalue weighted by Crippen LogP contribution is 2.36. The smallest absolute Gasteiger partial charge is 0.338 e. The SMILES string of the molecule is CCOC(=O)C1=C(C)N=c2s/c(=C/c3cccc(OCc4ccc(Cl)c(Cl)c4)c3)c(=O)n2[C@@H]1c1ccccc1OC(C)C. The number of thiazole rings is 1. The van der Waals surface area contributed by atoms with Crippen molar-refractivity contribution in [3.8, 4) is 11.5 Å². The third-order valence-corrected chi connectivity index (χ3v) is 8.36. The zero-order valence-electron chi connectivity index (χ0n) is 24.1. The summed E-state index contributed by atoms with van der Waals surface area (Å²) in [5, 5.41) is 0.946. The largest absolute Gasteiger partial charge is 0.491 e. The van der Waals surface area contributed by atoms with Gasteiger partial charge in [-0.2, -0.15) is 0 Å². The quantitative estimate of drug-likeness (QED) is 0.197. The summed E-state index contributed by atoms with van der Waals surface area (Å²) in [5.74, 6) is 0.695. The van der Waals surface area contributed by atoms with Gasteiger partial charge in [-0.15, -0.1) is 0 Å². The Morgan fingerprint density at radius 3 is 2.60 bits per heavy atom. The lowest BCUT2D eigenvalue weighted by atomic mass is 9.95. The van der Waals surface area contributed by atoms with E-state index >= 15 is 0 Å². The molecule has 2 heterocycles.